The second-order valence-corrected chi connectivity index (χ2v) is 6.09. The highest BCUT2D eigenvalue weighted by Crippen LogP contribution is 2.21. The first-order chi connectivity index (χ1) is 10.7. The molecule has 0 spiro atoms. The van der Waals surface area contributed by atoms with Crippen molar-refractivity contribution in [3.63, 3.8) is 0 Å². The van der Waals surface area contributed by atoms with Crippen molar-refractivity contribution in [2.45, 2.75) is 38.6 Å². The molecule has 1 atom stereocenters. The molecule has 0 radical (unpaired) electrons. The molecule has 1 fully saturated rings. The van der Waals surface area contributed by atoms with Gasteiger partial charge in [0, 0.05) is 31.1 Å². The molecule has 1 aromatic rings. The Bertz CT molecular complexity index is 595. The van der Waals surface area contributed by atoms with Crippen LogP contribution in [-0.4, -0.2) is 23.3 Å². The van der Waals surface area contributed by atoms with E-state index < -0.39 is 0 Å². The molecule has 1 saturated heterocycles. The van der Waals surface area contributed by atoms with Gasteiger partial charge in [0.15, 0.2) is 0 Å². The molecule has 0 saturated carbocycles. The maximum atomic E-state index is 12.3. The highest BCUT2D eigenvalue weighted by molar-refractivity contribution is 5.92. The number of nitrogens with zero attached hydrogens (tertiary/aromatic N) is 1. The van der Waals surface area contributed by atoms with Crippen LogP contribution in [0.5, 0.6) is 0 Å². The van der Waals surface area contributed by atoms with E-state index in [0.29, 0.717) is 13.0 Å². The van der Waals surface area contributed by atoms with Crippen molar-refractivity contribution in [1.29, 1.82) is 0 Å². The van der Waals surface area contributed by atoms with E-state index in [1.54, 1.807) is 0 Å². The van der Waals surface area contributed by atoms with Crippen molar-refractivity contribution >= 4 is 17.5 Å². The fourth-order valence-corrected chi connectivity index (χ4v) is 3.12. The zero-order valence-electron chi connectivity index (χ0n) is 12.8. The molecule has 2 aliphatic rings. The molecule has 1 aliphatic carbocycles. The Labute approximate surface area is 131 Å². The van der Waals surface area contributed by atoms with Gasteiger partial charge in [-0.3, -0.25) is 9.59 Å². The molecule has 1 aliphatic heterocycles. The third-order valence-corrected chi connectivity index (χ3v) is 4.38. The van der Waals surface area contributed by atoms with Gasteiger partial charge in [-0.1, -0.05) is 24.3 Å². The molecule has 1 N–H and O–H groups in total. The van der Waals surface area contributed by atoms with Crippen LogP contribution >= 0.6 is 0 Å². The van der Waals surface area contributed by atoms with Gasteiger partial charge in [-0.25, -0.2) is 0 Å². The Morgan fingerprint density at radius 3 is 2.95 bits per heavy atom. The molecule has 22 heavy (non-hydrogen) atoms. The summed E-state index contributed by atoms with van der Waals surface area (Å²) < 4.78 is 0. The van der Waals surface area contributed by atoms with E-state index in [9.17, 15) is 9.59 Å². The summed E-state index contributed by atoms with van der Waals surface area (Å²) in [6.07, 6.45) is 8.56. The molecule has 1 aromatic carbocycles. The molecule has 2 amide bonds. The summed E-state index contributed by atoms with van der Waals surface area (Å²) in [7, 11) is 0. The second kappa shape index (κ2) is 6.77. The number of hydrogen-bond donors (Lipinski definition) is 1. The molecule has 0 aromatic heterocycles. The minimum atomic E-state index is 0.0776. The van der Waals surface area contributed by atoms with Crippen molar-refractivity contribution in [3.05, 3.63) is 42.0 Å². The largest absolute Gasteiger partial charge is 0.338 e. The van der Waals surface area contributed by atoms with E-state index in [2.05, 4.69) is 17.5 Å². The van der Waals surface area contributed by atoms with E-state index in [-0.39, 0.29) is 17.7 Å². The van der Waals surface area contributed by atoms with Gasteiger partial charge in [-0.05, 0) is 43.4 Å². The van der Waals surface area contributed by atoms with Gasteiger partial charge in [0.1, 0.15) is 0 Å². The van der Waals surface area contributed by atoms with Crippen molar-refractivity contribution < 1.29 is 9.59 Å². The Kier molecular flexibility index (Phi) is 4.56. The van der Waals surface area contributed by atoms with Crippen LogP contribution in [0.1, 0.15) is 37.7 Å². The first-order valence-electron chi connectivity index (χ1n) is 8.05. The van der Waals surface area contributed by atoms with Gasteiger partial charge >= 0.3 is 0 Å². The molecule has 4 nitrogen and oxygen atoms in total. The van der Waals surface area contributed by atoms with Crippen molar-refractivity contribution in [3.8, 4) is 0 Å². The van der Waals surface area contributed by atoms with Crippen LogP contribution in [0.25, 0.3) is 0 Å². The third kappa shape index (κ3) is 3.56. The van der Waals surface area contributed by atoms with Gasteiger partial charge < -0.3 is 10.2 Å². The fourth-order valence-electron chi connectivity index (χ4n) is 3.12. The van der Waals surface area contributed by atoms with Crippen LogP contribution in [0.4, 0.5) is 5.69 Å². The average Bonchev–Trinajstić information content (AvgIpc) is 2.94. The topological polar surface area (TPSA) is 49.4 Å². The zero-order chi connectivity index (χ0) is 15.4. The van der Waals surface area contributed by atoms with E-state index in [4.69, 9.17) is 0 Å². The van der Waals surface area contributed by atoms with Gasteiger partial charge in [0.05, 0.1) is 0 Å². The number of nitrogens with one attached hydrogen (secondary N) is 1. The van der Waals surface area contributed by atoms with Gasteiger partial charge in [0.2, 0.25) is 11.8 Å². The number of benzene rings is 1. The molecular weight excluding hydrogens is 276 g/mol. The van der Waals surface area contributed by atoms with Crippen LogP contribution in [-0.2, 0) is 16.1 Å². The summed E-state index contributed by atoms with van der Waals surface area (Å²) in [5.74, 6) is 0.399. The minimum Gasteiger partial charge on any atom is -0.338 e. The summed E-state index contributed by atoms with van der Waals surface area (Å²) in [6.45, 7) is 1.47. The van der Waals surface area contributed by atoms with E-state index in [1.807, 2.05) is 29.2 Å². The molecule has 0 bridgehead atoms. The lowest BCUT2D eigenvalue weighted by atomic mass is 9.93. The summed E-state index contributed by atoms with van der Waals surface area (Å²) in [6, 6.07) is 7.82. The summed E-state index contributed by atoms with van der Waals surface area (Å²) in [5, 5.41) is 3.01. The quantitative estimate of drug-likeness (QED) is 0.868. The van der Waals surface area contributed by atoms with Crippen molar-refractivity contribution in [2.24, 2.45) is 5.92 Å². The highest BCUT2D eigenvalue weighted by atomic mass is 16.2. The number of likely N-dealkylation sites (tertiary alicyclic amines) is 1. The first-order valence-corrected chi connectivity index (χ1v) is 8.05. The second-order valence-electron chi connectivity index (χ2n) is 6.09. The standard InChI is InChI=1S/C18H22N2O2/c21-17-10-5-11-20(17)13-14-6-4-9-16(12-14)19-18(22)15-7-2-1-3-8-15/h1-2,4,6,9,12,15H,3,5,7-8,10-11,13H2,(H,19,22)/t15-/m0/s1. The van der Waals surface area contributed by atoms with Crippen LogP contribution in [0, 0.1) is 5.92 Å². The number of carbonyl (C=O) groups is 2. The predicted octanol–water partition coefficient (Wildman–Crippen LogP) is 3.10. The molecular formula is C18H22N2O2. The zero-order valence-corrected chi connectivity index (χ0v) is 12.8. The Morgan fingerprint density at radius 1 is 1.32 bits per heavy atom. The summed E-state index contributed by atoms with van der Waals surface area (Å²) >= 11 is 0. The minimum absolute atomic E-state index is 0.0776. The summed E-state index contributed by atoms with van der Waals surface area (Å²) in [4.78, 5) is 25.8. The Balaban J connectivity index is 1.62. The number of amides is 2. The number of anilines is 1. The van der Waals surface area contributed by atoms with E-state index >= 15 is 0 Å². The van der Waals surface area contributed by atoms with Gasteiger partial charge in [-0.2, -0.15) is 0 Å². The maximum Gasteiger partial charge on any atom is 0.227 e. The van der Waals surface area contributed by atoms with E-state index in [1.165, 1.54) is 0 Å². The lowest BCUT2D eigenvalue weighted by Crippen LogP contribution is -2.25. The number of allylic oxidation sites excluding steroid dienone is 2. The van der Waals surface area contributed by atoms with Crippen LogP contribution in [0.3, 0.4) is 0 Å². The Morgan fingerprint density at radius 2 is 2.23 bits per heavy atom. The average molecular weight is 298 g/mol. The third-order valence-electron chi connectivity index (χ3n) is 4.38. The highest BCUT2D eigenvalue weighted by Gasteiger charge is 2.21. The lowest BCUT2D eigenvalue weighted by molar-refractivity contribution is -0.128. The predicted molar refractivity (Wildman–Crippen MR) is 86.2 cm³/mol. The van der Waals surface area contributed by atoms with Crippen molar-refractivity contribution in [1.82, 2.24) is 4.90 Å². The number of hydrogen-bond acceptors (Lipinski definition) is 2. The van der Waals surface area contributed by atoms with Crippen molar-refractivity contribution in [2.75, 3.05) is 11.9 Å². The first kappa shape index (κ1) is 14.8. The smallest absolute Gasteiger partial charge is 0.227 e. The maximum absolute atomic E-state index is 12.3. The van der Waals surface area contributed by atoms with E-state index in [0.717, 1.165) is 43.5 Å². The van der Waals surface area contributed by atoms with Crippen LogP contribution < -0.4 is 5.32 Å². The SMILES string of the molecule is O=C(Nc1cccc(CN2CCCC2=O)c1)[C@H]1CC=CCC1. The molecule has 0 unspecified atom stereocenters. The number of carbonyl (C=O) groups excluding carboxylic acids is 2. The van der Waals surface area contributed by atoms with Crippen LogP contribution in [0.15, 0.2) is 36.4 Å². The number of rotatable bonds is 4. The van der Waals surface area contributed by atoms with Crippen LogP contribution in [0.2, 0.25) is 0 Å². The van der Waals surface area contributed by atoms with Gasteiger partial charge in [-0.15, -0.1) is 0 Å². The Hall–Kier alpha value is -2.10. The molecule has 3 rings (SSSR count). The monoisotopic (exact) mass is 298 g/mol. The molecule has 116 valence electrons. The molecule has 1 heterocycles. The summed E-state index contributed by atoms with van der Waals surface area (Å²) in [5.41, 5.74) is 1.89. The van der Waals surface area contributed by atoms with Gasteiger partial charge in [0.25, 0.3) is 0 Å². The fraction of sp³-hybridized carbons (Fsp3) is 0.444. The lowest BCUT2D eigenvalue weighted by Gasteiger charge is -2.18. The molecule has 4 heteroatoms. The normalized spacial score (nSPS) is 21.2.